The molecule has 0 unspecified atom stereocenters. The third-order valence-corrected chi connectivity index (χ3v) is 3.06. The van der Waals surface area contributed by atoms with Crippen LogP contribution in [0.5, 0.6) is 0 Å². The fourth-order valence-corrected chi connectivity index (χ4v) is 2.23. The van der Waals surface area contributed by atoms with E-state index in [0.717, 1.165) is 37.2 Å². The van der Waals surface area contributed by atoms with Crippen LogP contribution in [0.4, 0.5) is 5.69 Å². The second-order valence-corrected chi connectivity index (χ2v) is 4.32. The SMILES string of the molecule is CCN1CCC/C(=N\OC(C)=O)c2ccccc21. The number of anilines is 1. The van der Waals surface area contributed by atoms with E-state index >= 15 is 0 Å². The lowest BCUT2D eigenvalue weighted by Crippen LogP contribution is -2.23. The summed E-state index contributed by atoms with van der Waals surface area (Å²) in [4.78, 5) is 18.0. The molecule has 18 heavy (non-hydrogen) atoms. The van der Waals surface area contributed by atoms with Crippen molar-refractivity contribution in [1.29, 1.82) is 0 Å². The number of fused-ring (bicyclic) bond motifs is 1. The van der Waals surface area contributed by atoms with Crippen molar-refractivity contribution in [3.05, 3.63) is 29.8 Å². The summed E-state index contributed by atoms with van der Waals surface area (Å²) >= 11 is 0. The van der Waals surface area contributed by atoms with Gasteiger partial charge in [0.2, 0.25) is 0 Å². The predicted molar refractivity (Wildman–Crippen MR) is 71.9 cm³/mol. The van der Waals surface area contributed by atoms with Gasteiger partial charge in [0.15, 0.2) is 0 Å². The van der Waals surface area contributed by atoms with Gasteiger partial charge in [-0.05, 0) is 25.8 Å². The normalized spacial score (nSPS) is 17.2. The van der Waals surface area contributed by atoms with E-state index in [1.807, 2.05) is 18.2 Å². The van der Waals surface area contributed by atoms with Crippen LogP contribution >= 0.6 is 0 Å². The highest BCUT2D eigenvalue weighted by molar-refractivity contribution is 6.05. The fourth-order valence-electron chi connectivity index (χ4n) is 2.23. The third kappa shape index (κ3) is 2.70. The molecule has 1 aromatic carbocycles. The smallest absolute Gasteiger partial charge is 0.331 e. The number of oxime groups is 1. The molecule has 0 aliphatic carbocycles. The highest BCUT2D eigenvalue weighted by Gasteiger charge is 2.18. The average molecular weight is 246 g/mol. The molecule has 0 fully saturated rings. The highest BCUT2D eigenvalue weighted by atomic mass is 16.7. The molecule has 0 N–H and O–H groups in total. The van der Waals surface area contributed by atoms with Gasteiger partial charge in [0.05, 0.1) is 5.71 Å². The van der Waals surface area contributed by atoms with Crippen molar-refractivity contribution in [1.82, 2.24) is 0 Å². The number of hydrogen-bond acceptors (Lipinski definition) is 4. The lowest BCUT2D eigenvalue weighted by molar-refractivity contribution is -0.140. The number of nitrogens with zero attached hydrogens (tertiary/aromatic N) is 2. The number of para-hydroxylation sites is 1. The fraction of sp³-hybridized carbons (Fsp3) is 0.429. The van der Waals surface area contributed by atoms with Crippen molar-refractivity contribution in [2.24, 2.45) is 5.16 Å². The molecule has 1 aliphatic heterocycles. The van der Waals surface area contributed by atoms with Crippen LogP contribution in [0, 0.1) is 0 Å². The third-order valence-electron chi connectivity index (χ3n) is 3.06. The molecule has 0 aromatic heterocycles. The quantitative estimate of drug-likeness (QED) is 0.595. The van der Waals surface area contributed by atoms with Gasteiger partial charge in [-0.3, -0.25) is 0 Å². The van der Waals surface area contributed by atoms with E-state index in [4.69, 9.17) is 4.84 Å². The lowest BCUT2D eigenvalue weighted by atomic mass is 10.1. The van der Waals surface area contributed by atoms with Crippen molar-refractivity contribution >= 4 is 17.4 Å². The molecule has 2 rings (SSSR count). The molecular formula is C14H18N2O2. The molecule has 0 radical (unpaired) electrons. The van der Waals surface area contributed by atoms with E-state index in [1.165, 1.54) is 12.6 Å². The van der Waals surface area contributed by atoms with Gasteiger partial charge in [-0.25, -0.2) is 4.79 Å². The first-order chi connectivity index (χ1) is 8.72. The van der Waals surface area contributed by atoms with Crippen molar-refractivity contribution in [2.75, 3.05) is 18.0 Å². The van der Waals surface area contributed by atoms with E-state index in [1.54, 1.807) is 0 Å². The van der Waals surface area contributed by atoms with Gasteiger partial charge in [0, 0.05) is 31.3 Å². The topological polar surface area (TPSA) is 41.9 Å². The molecule has 1 aromatic rings. The lowest BCUT2D eigenvalue weighted by Gasteiger charge is -2.22. The van der Waals surface area contributed by atoms with Crippen LogP contribution < -0.4 is 4.90 Å². The zero-order valence-corrected chi connectivity index (χ0v) is 10.8. The zero-order valence-electron chi connectivity index (χ0n) is 10.8. The Labute approximate surface area is 107 Å². The molecule has 0 amide bonds. The number of carbonyl (C=O) groups excluding carboxylic acids is 1. The van der Waals surface area contributed by atoms with Crippen LogP contribution in [-0.2, 0) is 9.63 Å². The number of hydrogen-bond donors (Lipinski definition) is 0. The van der Waals surface area contributed by atoms with Crippen LogP contribution in [0.1, 0.15) is 32.3 Å². The number of carbonyl (C=O) groups is 1. The summed E-state index contributed by atoms with van der Waals surface area (Å²) in [6, 6.07) is 8.14. The maximum atomic E-state index is 10.9. The maximum absolute atomic E-state index is 10.9. The summed E-state index contributed by atoms with van der Waals surface area (Å²) < 4.78 is 0. The van der Waals surface area contributed by atoms with Crippen LogP contribution in [0.15, 0.2) is 29.4 Å². The first-order valence-corrected chi connectivity index (χ1v) is 6.31. The van der Waals surface area contributed by atoms with Gasteiger partial charge >= 0.3 is 5.97 Å². The molecule has 4 heteroatoms. The Morgan fingerprint density at radius 3 is 2.94 bits per heavy atom. The molecule has 1 aliphatic rings. The van der Waals surface area contributed by atoms with Gasteiger partial charge in [-0.15, -0.1) is 0 Å². The minimum absolute atomic E-state index is 0.378. The van der Waals surface area contributed by atoms with E-state index in [-0.39, 0.29) is 5.97 Å². The van der Waals surface area contributed by atoms with Crippen LogP contribution in [0.2, 0.25) is 0 Å². The van der Waals surface area contributed by atoms with E-state index in [9.17, 15) is 4.79 Å². The van der Waals surface area contributed by atoms with Crippen molar-refractivity contribution in [3.8, 4) is 0 Å². The van der Waals surface area contributed by atoms with Gasteiger partial charge in [-0.1, -0.05) is 23.4 Å². The number of rotatable bonds is 2. The van der Waals surface area contributed by atoms with E-state index < -0.39 is 0 Å². The molecule has 0 bridgehead atoms. The minimum atomic E-state index is -0.378. The van der Waals surface area contributed by atoms with Gasteiger partial charge < -0.3 is 9.74 Å². The predicted octanol–water partition coefficient (Wildman–Crippen LogP) is 2.57. The molecule has 1 heterocycles. The first kappa shape index (κ1) is 12.6. The molecule has 0 saturated carbocycles. The first-order valence-electron chi connectivity index (χ1n) is 6.31. The molecule has 0 atom stereocenters. The number of benzene rings is 1. The summed E-state index contributed by atoms with van der Waals surface area (Å²) in [6.07, 6.45) is 1.85. The summed E-state index contributed by atoms with van der Waals surface area (Å²) in [7, 11) is 0. The Balaban J connectivity index is 2.38. The van der Waals surface area contributed by atoms with Crippen molar-refractivity contribution in [2.45, 2.75) is 26.7 Å². The Kier molecular flexibility index (Phi) is 3.97. The second kappa shape index (κ2) is 5.67. The van der Waals surface area contributed by atoms with Crippen molar-refractivity contribution in [3.63, 3.8) is 0 Å². The molecule has 4 nitrogen and oxygen atoms in total. The van der Waals surface area contributed by atoms with E-state index in [2.05, 4.69) is 23.0 Å². The Morgan fingerprint density at radius 1 is 1.44 bits per heavy atom. The Bertz CT molecular complexity index is 469. The Morgan fingerprint density at radius 2 is 2.22 bits per heavy atom. The summed E-state index contributed by atoms with van der Waals surface area (Å²) in [6.45, 7) is 5.49. The summed E-state index contributed by atoms with van der Waals surface area (Å²) in [5.74, 6) is -0.378. The standard InChI is InChI=1S/C14H18N2O2/c1-3-16-10-6-8-13(15-18-11(2)17)12-7-4-5-9-14(12)16/h4-5,7,9H,3,6,8,10H2,1-2H3/b15-13+. The zero-order chi connectivity index (χ0) is 13.0. The summed E-state index contributed by atoms with van der Waals surface area (Å²) in [5, 5.41) is 3.99. The van der Waals surface area contributed by atoms with Gasteiger partial charge in [0.25, 0.3) is 0 Å². The molecule has 0 saturated heterocycles. The van der Waals surface area contributed by atoms with E-state index in [0.29, 0.717) is 0 Å². The second-order valence-electron chi connectivity index (χ2n) is 4.32. The average Bonchev–Trinajstić information content (AvgIpc) is 2.55. The Hall–Kier alpha value is -1.84. The highest BCUT2D eigenvalue weighted by Crippen LogP contribution is 2.26. The van der Waals surface area contributed by atoms with Crippen LogP contribution in [0.3, 0.4) is 0 Å². The maximum Gasteiger partial charge on any atom is 0.331 e. The van der Waals surface area contributed by atoms with Gasteiger partial charge in [-0.2, -0.15) is 0 Å². The molecule has 0 spiro atoms. The monoisotopic (exact) mass is 246 g/mol. The largest absolute Gasteiger partial charge is 0.371 e. The molecule has 96 valence electrons. The van der Waals surface area contributed by atoms with Crippen LogP contribution in [-0.4, -0.2) is 24.8 Å². The minimum Gasteiger partial charge on any atom is -0.371 e. The van der Waals surface area contributed by atoms with Crippen LogP contribution in [0.25, 0.3) is 0 Å². The van der Waals surface area contributed by atoms with Crippen molar-refractivity contribution < 1.29 is 9.63 Å². The molecular weight excluding hydrogens is 228 g/mol. The van der Waals surface area contributed by atoms with Gasteiger partial charge in [0.1, 0.15) is 0 Å². The summed E-state index contributed by atoms with van der Waals surface area (Å²) in [5.41, 5.74) is 3.10.